The van der Waals surface area contributed by atoms with Crippen molar-refractivity contribution in [1.29, 1.82) is 0 Å². The summed E-state index contributed by atoms with van der Waals surface area (Å²) in [5.74, 6) is 0. The summed E-state index contributed by atoms with van der Waals surface area (Å²) in [6, 6.07) is 5.29. The zero-order valence-electron chi connectivity index (χ0n) is 8.76. The molecule has 0 saturated carbocycles. The fourth-order valence-corrected chi connectivity index (χ4v) is 14.8. The van der Waals surface area contributed by atoms with Gasteiger partial charge in [-0.3, -0.25) is 0 Å². The van der Waals surface area contributed by atoms with Crippen LogP contribution in [0.25, 0.3) is 0 Å². The van der Waals surface area contributed by atoms with Crippen molar-refractivity contribution in [2.24, 2.45) is 0 Å². The van der Waals surface area contributed by atoms with Gasteiger partial charge in [-0.15, -0.1) is 0 Å². The SMILES string of the molecule is Cc1ccc2c(c1)S(OS(=O)(=O)C(F)(F)F)=[As]S2. The third-order valence-corrected chi connectivity index (χ3v) is 13.6. The van der Waals surface area contributed by atoms with E-state index in [1.807, 2.05) is 6.07 Å². The summed E-state index contributed by atoms with van der Waals surface area (Å²) in [6.45, 7) is 1.79. The maximum absolute atomic E-state index is 12.2. The summed E-state index contributed by atoms with van der Waals surface area (Å²) in [4.78, 5) is 1.37. The number of halogens is 3. The van der Waals surface area contributed by atoms with Crippen molar-refractivity contribution < 1.29 is 25.2 Å². The van der Waals surface area contributed by atoms with Crippen molar-refractivity contribution >= 4 is 42.0 Å². The zero-order valence-corrected chi connectivity index (χ0v) is 13.1. The summed E-state index contributed by atoms with van der Waals surface area (Å²) >= 11 is -0.686. The van der Waals surface area contributed by atoms with Crippen LogP contribution in [0.4, 0.5) is 13.2 Å². The summed E-state index contributed by atoms with van der Waals surface area (Å²) < 4.78 is 63.0. The molecule has 1 atom stereocenters. The van der Waals surface area contributed by atoms with E-state index in [4.69, 9.17) is 0 Å². The molecule has 0 bridgehead atoms. The summed E-state index contributed by atoms with van der Waals surface area (Å²) in [6.07, 6.45) is 0. The molecule has 0 spiro atoms. The first-order valence-electron chi connectivity index (χ1n) is 4.45. The molecule has 1 aliphatic heterocycles. The topological polar surface area (TPSA) is 43.4 Å². The first kappa shape index (κ1) is 14.6. The molecule has 1 aliphatic rings. The molecule has 18 heavy (non-hydrogen) atoms. The molecule has 10 heteroatoms. The predicted molar refractivity (Wildman–Crippen MR) is 64.7 cm³/mol. The number of aryl methyl sites for hydroxylation is 1. The Bertz CT molecular complexity index is 624. The van der Waals surface area contributed by atoms with E-state index in [1.165, 1.54) is 10.0 Å². The molecule has 0 fully saturated rings. The van der Waals surface area contributed by atoms with Crippen LogP contribution in [-0.4, -0.2) is 26.8 Å². The van der Waals surface area contributed by atoms with Gasteiger partial charge in [0, 0.05) is 0 Å². The molecule has 0 aromatic heterocycles. The van der Waals surface area contributed by atoms with Gasteiger partial charge in [0.1, 0.15) is 0 Å². The Morgan fingerprint density at radius 1 is 1.39 bits per heavy atom. The van der Waals surface area contributed by atoms with Crippen molar-refractivity contribution in [2.45, 2.75) is 22.2 Å². The summed E-state index contributed by atoms with van der Waals surface area (Å²) in [5, 5.41) is 0. The third kappa shape index (κ3) is 2.85. The normalized spacial score (nSPS) is 20.3. The van der Waals surface area contributed by atoms with E-state index < -0.39 is 37.5 Å². The Morgan fingerprint density at radius 3 is 2.67 bits per heavy atom. The standard InChI is InChI=1S/C8H6AsF3O3S3/c1-5-2-3-6-7(4-5)17(9-16-6)15-18(13,14)8(10,11)12/h2-4H,1H3. The number of benzene rings is 1. The van der Waals surface area contributed by atoms with Crippen LogP contribution in [0.2, 0.25) is 0 Å². The van der Waals surface area contributed by atoms with Gasteiger partial charge in [-0.2, -0.15) is 0 Å². The Kier molecular flexibility index (Phi) is 4.00. The Balaban J connectivity index is 2.33. The Labute approximate surface area is 113 Å². The summed E-state index contributed by atoms with van der Waals surface area (Å²) in [5.41, 5.74) is -4.50. The number of fused-ring (bicyclic) bond motifs is 1. The van der Waals surface area contributed by atoms with Crippen LogP contribution in [0.15, 0.2) is 28.0 Å². The molecule has 1 aromatic carbocycles. The van der Waals surface area contributed by atoms with E-state index in [9.17, 15) is 21.6 Å². The average molecular weight is 378 g/mol. The first-order valence-corrected chi connectivity index (χ1v) is 12.3. The second kappa shape index (κ2) is 4.94. The molecule has 1 aromatic rings. The van der Waals surface area contributed by atoms with E-state index in [0.717, 1.165) is 10.5 Å². The predicted octanol–water partition coefficient (Wildman–Crippen LogP) is 3.04. The van der Waals surface area contributed by atoms with Gasteiger partial charge < -0.3 is 0 Å². The van der Waals surface area contributed by atoms with Gasteiger partial charge in [-0.05, 0) is 0 Å². The Morgan fingerprint density at radius 2 is 2.06 bits per heavy atom. The maximum atomic E-state index is 12.2. The molecular weight excluding hydrogens is 372 g/mol. The quantitative estimate of drug-likeness (QED) is 0.586. The minimum absolute atomic E-state index is 0.563. The fraction of sp³-hybridized carbons (Fsp3) is 0.250. The van der Waals surface area contributed by atoms with Crippen LogP contribution in [-0.2, 0) is 13.7 Å². The van der Waals surface area contributed by atoms with E-state index in [-0.39, 0.29) is 0 Å². The van der Waals surface area contributed by atoms with Crippen LogP contribution in [0.5, 0.6) is 0 Å². The first-order chi connectivity index (χ1) is 8.21. The van der Waals surface area contributed by atoms with Crippen LogP contribution < -0.4 is 0 Å². The monoisotopic (exact) mass is 378 g/mol. The van der Waals surface area contributed by atoms with Crippen molar-refractivity contribution in [3.63, 3.8) is 0 Å². The zero-order chi connectivity index (χ0) is 13.6. The van der Waals surface area contributed by atoms with Gasteiger partial charge in [0.2, 0.25) is 0 Å². The van der Waals surface area contributed by atoms with Crippen molar-refractivity contribution in [3.8, 4) is 0 Å². The number of hydrogen-bond acceptors (Lipinski definition) is 4. The van der Waals surface area contributed by atoms with Crippen LogP contribution in [0.1, 0.15) is 5.56 Å². The molecule has 0 N–H and O–H groups in total. The van der Waals surface area contributed by atoms with E-state index in [2.05, 4.69) is 3.63 Å². The van der Waals surface area contributed by atoms with Crippen LogP contribution in [0, 0.1) is 6.92 Å². The minimum atomic E-state index is -5.51. The second-order valence-corrected chi connectivity index (χ2v) is 13.5. The number of rotatable bonds is 2. The molecule has 3 nitrogen and oxygen atoms in total. The molecule has 0 saturated heterocycles. The molecule has 1 heterocycles. The van der Waals surface area contributed by atoms with Crippen molar-refractivity contribution in [1.82, 2.24) is 0 Å². The van der Waals surface area contributed by atoms with Gasteiger partial charge >= 0.3 is 113 Å². The summed E-state index contributed by atoms with van der Waals surface area (Å²) in [7, 11) is -5.41. The molecule has 100 valence electrons. The van der Waals surface area contributed by atoms with E-state index in [1.54, 1.807) is 19.1 Å². The average Bonchev–Trinajstić information content (AvgIpc) is 2.59. The number of hydrogen-bond donors (Lipinski definition) is 0. The van der Waals surface area contributed by atoms with Gasteiger partial charge in [0.15, 0.2) is 0 Å². The molecule has 0 radical (unpaired) electrons. The van der Waals surface area contributed by atoms with Gasteiger partial charge in [-0.25, -0.2) is 0 Å². The molecule has 0 amide bonds. The van der Waals surface area contributed by atoms with Crippen molar-refractivity contribution in [2.75, 3.05) is 0 Å². The van der Waals surface area contributed by atoms with Gasteiger partial charge in [0.05, 0.1) is 0 Å². The third-order valence-electron chi connectivity index (χ3n) is 1.93. The van der Waals surface area contributed by atoms with Crippen molar-refractivity contribution in [3.05, 3.63) is 23.8 Å². The molecule has 1 unspecified atom stereocenters. The Hall–Kier alpha value is 0.178. The van der Waals surface area contributed by atoms with E-state index >= 15 is 0 Å². The fourth-order valence-electron chi connectivity index (χ4n) is 1.11. The second-order valence-electron chi connectivity index (χ2n) is 3.33. The molecule has 0 aliphatic carbocycles. The van der Waals surface area contributed by atoms with Crippen LogP contribution in [0.3, 0.4) is 0 Å². The van der Waals surface area contributed by atoms with E-state index in [0.29, 0.717) is 4.90 Å². The van der Waals surface area contributed by atoms with Crippen LogP contribution >= 0.6 is 19.0 Å². The molecular formula is C8H6AsF3O3S3. The number of alkyl halides is 3. The molecule has 2 rings (SSSR count). The van der Waals surface area contributed by atoms with Gasteiger partial charge in [0.25, 0.3) is 0 Å². The van der Waals surface area contributed by atoms with Gasteiger partial charge in [-0.1, -0.05) is 0 Å².